The van der Waals surface area contributed by atoms with Crippen molar-refractivity contribution in [3.05, 3.63) is 0 Å². The van der Waals surface area contributed by atoms with E-state index in [1.54, 1.807) is 0 Å². The Kier molecular flexibility index (Phi) is 33.4. The van der Waals surface area contributed by atoms with Gasteiger partial charge in [0, 0.05) is 13.1 Å². The van der Waals surface area contributed by atoms with Crippen molar-refractivity contribution >= 4 is 35.9 Å². The van der Waals surface area contributed by atoms with Crippen LogP contribution in [0.25, 0.3) is 0 Å². The molecule has 0 aromatic carbocycles. The van der Waals surface area contributed by atoms with Crippen LogP contribution in [-0.4, -0.2) is 107 Å². The van der Waals surface area contributed by atoms with E-state index >= 15 is 0 Å². The average molecular weight is 628 g/mol. The topological polar surface area (TPSA) is 425 Å². The van der Waals surface area contributed by atoms with Gasteiger partial charge in [0.1, 0.15) is 24.2 Å². The third-order valence-electron chi connectivity index (χ3n) is 4.92. The van der Waals surface area contributed by atoms with Crippen LogP contribution < -0.4 is 56.9 Å². The molecule has 254 valence electrons. The van der Waals surface area contributed by atoms with Gasteiger partial charge < -0.3 is 77.3 Å². The maximum atomic E-state index is 10.2. The van der Waals surface area contributed by atoms with Gasteiger partial charge in [-0.3, -0.25) is 24.2 Å². The Balaban J connectivity index is -0.000000237. The van der Waals surface area contributed by atoms with Gasteiger partial charge in [0.25, 0.3) is 0 Å². The Morgan fingerprint density at radius 2 is 0.907 bits per heavy atom. The predicted octanol–water partition coefficient (Wildman–Crippen LogP) is -4.04. The molecule has 4 atom stereocenters. The van der Waals surface area contributed by atoms with Gasteiger partial charge in [0.15, 0.2) is 5.96 Å². The third-order valence-corrected chi connectivity index (χ3v) is 4.92. The molecule has 0 heterocycles. The van der Waals surface area contributed by atoms with E-state index in [0.29, 0.717) is 71.1 Å². The summed E-state index contributed by atoms with van der Waals surface area (Å²) in [5.41, 5.74) is 46.0. The Hall–Kier alpha value is -3.82. The largest absolute Gasteiger partial charge is 0.480 e. The minimum Gasteiger partial charge on any atom is -0.480 e. The maximum absolute atomic E-state index is 10.2. The number of aliphatic imine (C=N–C) groups is 1. The molecule has 0 unspecified atom stereocenters. The molecule has 43 heavy (non-hydrogen) atoms. The molecule has 0 aliphatic rings. The SMILES string of the molecule is NC(=O)NCCC[C@H](N)C(=O)O.NC(N)=NCCC[C@H](N)C(=O)O.NCCCC[C@H](N)C(=O)O.NCCC[C@H](N)C(=O)O. The van der Waals surface area contributed by atoms with Crippen molar-refractivity contribution in [3.8, 4) is 0 Å². The summed E-state index contributed by atoms with van der Waals surface area (Å²) in [5, 5.41) is 35.6. The van der Waals surface area contributed by atoms with Crippen LogP contribution in [0.5, 0.6) is 0 Å². The van der Waals surface area contributed by atoms with Crippen molar-refractivity contribution in [1.29, 1.82) is 0 Å². The number of guanidine groups is 1. The number of hydrogen-bond donors (Lipinski definition) is 14. The first-order valence-electron chi connectivity index (χ1n) is 13.4. The number of amides is 2. The summed E-state index contributed by atoms with van der Waals surface area (Å²) >= 11 is 0. The fourth-order valence-corrected chi connectivity index (χ4v) is 2.39. The molecule has 2 amide bonds. The molecule has 0 rings (SSSR count). The fraction of sp³-hybridized carbons (Fsp3) is 0.739. The van der Waals surface area contributed by atoms with E-state index in [2.05, 4.69) is 10.3 Å². The van der Waals surface area contributed by atoms with Gasteiger partial charge in [-0.1, -0.05) is 6.42 Å². The number of urea groups is 1. The van der Waals surface area contributed by atoms with Gasteiger partial charge in [-0.2, -0.15) is 0 Å². The summed E-state index contributed by atoms with van der Waals surface area (Å²) < 4.78 is 0. The fourth-order valence-electron chi connectivity index (χ4n) is 2.39. The van der Waals surface area contributed by atoms with Crippen LogP contribution in [0.4, 0.5) is 4.79 Å². The average Bonchev–Trinajstić information content (AvgIpc) is 2.92. The molecular weight excluding hydrogens is 574 g/mol. The Morgan fingerprint density at radius 3 is 1.23 bits per heavy atom. The number of aliphatic carboxylic acids is 4. The van der Waals surface area contributed by atoms with Crippen LogP contribution in [0.2, 0.25) is 0 Å². The number of carboxylic acid groups (broad SMARTS) is 4. The molecule has 0 saturated heterocycles. The van der Waals surface area contributed by atoms with Crippen LogP contribution >= 0.6 is 0 Å². The zero-order valence-electron chi connectivity index (χ0n) is 24.5. The molecule has 0 aromatic heterocycles. The van der Waals surface area contributed by atoms with Crippen molar-refractivity contribution in [3.63, 3.8) is 0 Å². The highest BCUT2D eigenvalue weighted by Crippen LogP contribution is 1.97. The van der Waals surface area contributed by atoms with E-state index in [1.165, 1.54) is 0 Å². The Bertz CT molecular complexity index is 801. The smallest absolute Gasteiger partial charge is 0.320 e. The van der Waals surface area contributed by atoms with E-state index in [4.69, 9.17) is 72.0 Å². The molecule has 0 radical (unpaired) electrons. The zero-order chi connectivity index (χ0) is 34.4. The van der Waals surface area contributed by atoms with E-state index in [1.807, 2.05) is 0 Å². The number of unbranched alkanes of at least 4 members (excludes halogenated alkanes) is 1. The minimum atomic E-state index is -1.03. The summed E-state index contributed by atoms with van der Waals surface area (Å²) in [4.78, 5) is 54.4. The van der Waals surface area contributed by atoms with Crippen molar-refractivity contribution < 1.29 is 44.4 Å². The molecule has 23 N–H and O–H groups in total. The first kappa shape index (κ1) is 46.1. The number of hydrogen-bond acceptors (Lipinski definition) is 12. The molecule has 20 nitrogen and oxygen atoms in total. The monoisotopic (exact) mass is 627 g/mol. The number of nitrogens with zero attached hydrogens (tertiary/aromatic N) is 1. The second-order valence-corrected chi connectivity index (χ2v) is 8.88. The highest BCUT2D eigenvalue weighted by Gasteiger charge is 2.11. The number of nitrogens with two attached hydrogens (primary N) is 9. The second kappa shape index (κ2) is 31.1. The quantitative estimate of drug-likeness (QED) is 0.0368. The Morgan fingerprint density at radius 1 is 0.558 bits per heavy atom. The van der Waals surface area contributed by atoms with Gasteiger partial charge in [-0.05, 0) is 64.5 Å². The second-order valence-electron chi connectivity index (χ2n) is 8.88. The predicted molar refractivity (Wildman–Crippen MR) is 160 cm³/mol. The molecule has 20 heteroatoms. The normalized spacial score (nSPS) is 12.5. The van der Waals surface area contributed by atoms with Crippen molar-refractivity contribution in [2.45, 2.75) is 82.0 Å². The first-order valence-corrected chi connectivity index (χ1v) is 13.4. The number of carbonyl (C=O) groups is 5. The number of carbonyl (C=O) groups excluding carboxylic acids is 1. The van der Waals surface area contributed by atoms with E-state index in [0.717, 1.165) is 12.8 Å². The lowest BCUT2D eigenvalue weighted by atomic mass is 10.1. The summed E-state index contributed by atoms with van der Waals surface area (Å²) in [5.74, 6) is -3.91. The van der Waals surface area contributed by atoms with Crippen LogP contribution in [0.15, 0.2) is 4.99 Å². The van der Waals surface area contributed by atoms with Gasteiger partial charge in [-0.25, -0.2) is 4.79 Å². The van der Waals surface area contributed by atoms with E-state index in [-0.39, 0.29) is 5.96 Å². The number of nitrogens with one attached hydrogen (secondary N) is 1. The van der Waals surface area contributed by atoms with Crippen molar-refractivity contribution in [1.82, 2.24) is 5.32 Å². The third kappa shape index (κ3) is 40.4. The van der Waals surface area contributed by atoms with Gasteiger partial charge in [0.2, 0.25) is 0 Å². The minimum absolute atomic E-state index is 0.0129. The molecule has 0 saturated carbocycles. The molecule has 0 aromatic rings. The molecule has 0 spiro atoms. The van der Waals surface area contributed by atoms with Crippen LogP contribution in [0.1, 0.15) is 57.8 Å². The standard InChI is InChI=1S/C6H14N4O2.C6H13N3O3.C6H14N2O2.C5H12N2O2/c7-4(5(11)12)2-1-3-10-6(8)9;7-4(5(10)11)2-1-3-9-6(8)12;7-4-2-1-3-5(8)6(9)10;6-3-1-2-4(7)5(8)9/h4H,1-3,7H2,(H,11,12)(H4,8,9,10);4H,1-3,7H2,(H,10,11)(H3,8,9,12);5H,1-4,7-8H2,(H,9,10);4H,1-3,6-7H2,(H,8,9)/t2*4-;5-;4-/m0000/s1. The van der Waals surface area contributed by atoms with Crippen molar-refractivity contribution in [2.24, 2.45) is 56.6 Å². The van der Waals surface area contributed by atoms with E-state index < -0.39 is 54.1 Å². The Labute approximate surface area is 250 Å². The lowest BCUT2D eigenvalue weighted by Crippen LogP contribution is -2.33. The summed E-state index contributed by atoms with van der Waals surface area (Å²) in [7, 11) is 0. The lowest BCUT2D eigenvalue weighted by Gasteiger charge is -2.05. The number of carboxylic acids is 4. The lowest BCUT2D eigenvalue weighted by molar-refractivity contribution is -0.139. The molecule has 0 aliphatic carbocycles. The highest BCUT2D eigenvalue weighted by atomic mass is 16.4. The van der Waals surface area contributed by atoms with Crippen LogP contribution in [0, 0.1) is 0 Å². The highest BCUT2D eigenvalue weighted by molar-refractivity contribution is 5.76. The van der Waals surface area contributed by atoms with Gasteiger partial charge in [-0.15, -0.1) is 0 Å². The van der Waals surface area contributed by atoms with Crippen molar-refractivity contribution in [2.75, 3.05) is 26.2 Å². The molecule has 0 aliphatic heterocycles. The summed E-state index contributed by atoms with van der Waals surface area (Å²) in [6, 6.07) is -3.75. The number of primary amides is 1. The maximum Gasteiger partial charge on any atom is 0.320 e. The molecule has 0 bridgehead atoms. The zero-order valence-corrected chi connectivity index (χ0v) is 24.5. The van der Waals surface area contributed by atoms with Crippen LogP contribution in [-0.2, 0) is 19.2 Å². The summed E-state index contributed by atoms with van der Waals surface area (Å²) in [6.45, 7) is 1.88. The van der Waals surface area contributed by atoms with E-state index in [9.17, 15) is 24.0 Å². The summed E-state index contributed by atoms with van der Waals surface area (Å²) in [6.07, 6.45) is 5.10. The van der Waals surface area contributed by atoms with Gasteiger partial charge in [0.05, 0.1) is 0 Å². The van der Waals surface area contributed by atoms with Gasteiger partial charge >= 0.3 is 29.9 Å². The first-order chi connectivity index (χ1) is 19.9. The number of rotatable bonds is 19. The molecule has 0 fully saturated rings. The molecular formula is C23H53N11O9. The van der Waals surface area contributed by atoms with Crippen LogP contribution in [0.3, 0.4) is 0 Å².